The number of oxazole rings is 1. The van der Waals surface area contributed by atoms with Gasteiger partial charge in [-0.2, -0.15) is 0 Å². The highest BCUT2D eigenvalue weighted by Gasteiger charge is 2.11. The fourth-order valence-electron chi connectivity index (χ4n) is 2.15. The van der Waals surface area contributed by atoms with Crippen molar-refractivity contribution in [3.63, 3.8) is 0 Å². The van der Waals surface area contributed by atoms with E-state index < -0.39 is 0 Å². The van der Waals surface area contributed by atoms with Crippen molar-refractivity contribution in [2.75, 3.05) is 7.11 Å². The van der Waals surface area contributed by atoms with E-state index >= 15 is 0 Å². The van der Waals surface area contributed by atoms with Crippen LogP contribution in [0.15, 0.2) is 57.6 Å². The highest BCUT2D eigenvalue weighted by atomic mass is 79.9. The number of ether oxygens (including phenoxy) is 1. The smallest absolute Gasteiger partial charge is 0.198 e. The van der Waals surface area contributed by atoms with E-state index in [1.54, 1.807) is 25.5 Å². The number of halogens is 1. The Morgan fingerprint density at radius 2 is 1.95 bits per heavy atom. The van der Waals surface area contributed by atoms with Crippen LogP contribution in [-0.4, -0.2) is 17.2 Å². The molecular weight excluding hydrogens is 346 g/mol. The van der Waals surface area contributed by atoms with E-state index in [0.29, 0.717) is 23.6 Å². The first-order valence-corrected chi connectivity index (χ1v) is 7.51. The summed E-state index contributed by atoms with van der Waals surface area (Å²) in [6.07, 6.45) is 2.14. The molecule has 3 aromatic rings. The van der Waals surface area contributed by atoms with Crippen molar-refractivity contribution >= 4 is 15.9 Å². The molecule has 0 aliphatic rings. The summed E-state index contributed by atoms with van der Waals surface area (Å²) in [5.41, 5.74) is 2.33. The van der Waals surface area contributed by atoms with Crippen molar-refractivity contribution in [1.82, 2.24) is 4.98 Å². The minimum atomic E-state index is 0.174. The third kappa shape index (κ3) is 3.14. The summed E-state index contributed by atoms with van der Waals surface area (Å²) in [5, 5.41) is 9.93. The van der Waals surface area contributed by atoms with Crippen LogP contribution in [0.1, 0.15) is 11.5 Å². The number of hydrogen-bond acceptors (Lipinski definition) is 4. The molecule has 22 heavy (non-hydrogen) atoms. The second-order valence-electron chi connectivity index (χ2n) is 4.81. The van der Waals surface area contributed by atoms with Gasteiger partial charge in [0.05, 0.1) is 7.11 Å². The van der Waals surface area contributed by atoms with Crippen LogP contribution >= 0.6 is 15.9 Å². The maximum absolute atomic E-state index is 9.93. The topological polar surface area (TPSA) is 55.5 Å². The van der Waals surface area contributed by atoms with Gasteiger partial charge in [-0.15, -0.1) is 0 Å². The zero-order chi connectivity index (χ0) is 15.5. The van der Waals surface area contributed by atoms with Gasteiger partial charge in [0, 0.05) is 16.5 Å². The number of methoxy groups -OCH3 is 1. The van der Waals surface area contributed by atoms with E-state index in [4.69, 9.17) is 9.15 Å². The van der Waals surface area contributed by atoms with Gasteiger partial charge in [0.2, 0.25) is 0 Å². The number of rotatable bonds is 4. The van der Waals surface area contributed by atoms with Crippen LogP contribution in [0.3, 0.4) is 0 Å². The largest absolute Gasteiger partial charge is 0.507 e. The number of phenolic OH excluding ortho intramolecular Hbond substituents is 1. The van der Waals surface area contributed by atoms with Gasteiger partial charge in [-0.25, -0.2) is 4.98 Å². The van der Waals surface area contributed by atoms with Crippen LogP contribution in [0, 0.1) is 0 Å². The average molecular weight is 360 g/mol. The van der Waals surface area contributed by atoms with Crippen LogP contribution in [0.25, 0.3) is 11.3 Å². The zero-order valence-electron chi connectivity index (χ0n) is 11.9. The van der Waals surface area contributed by atoms with E-state index in [-0.39, 0.29) is 5.75 Å². The normalized spacial score (nSPS) is 10.6. The van der Waals surface area contributed by atoms with Gasteiger partial charge in [-0.1, -0.05) is 28.1 Å². The number of aromatic nitrogens is 1. The summed E-state index contributed by atoms with van der Waals surface area (Å²) in [7, 11) is 1.64. The Labute approximate surface area is 136 Å². The van der Waals surface area contributed by atoms with Gasteiger partial charge < -0.3 is 14.3 Å². The van der Waals surface area contributed by atoms with Crippen molar-refractivity contribution in [2.45, 2.75) is 6.42 Å². The van der Waals surface area contributed by atoms with Gasteiger partial charge >= 0.3 is 0 Å². The van der Waals surface area contributed by atoms with Crippen molar-refractivity contribution in [3.8, 4) is 22.8 Å². The van der Waals surface area contributed by atoms with Gasteiger partial charge in [-0.3, -0.25) is 0 Å². The van der Waals surface area contributed by atoms with Crippen LogP contribution in [0.5, 0.6) is 11.5 Å². The molecule has 0 saturated heterocycles. The molecule has 0 bridgehead atoms. The minimum Gasteiger partial charge on any atom is -0.507 e. The number of benzene rings is 2. The summed E-state index contributed by atoms with van der Waals surface area (Å²) >= 11 is 3.39. The minimum absolute atomic E-state index is 0.174. The molecule has 0 aliphatic carbocycles. The Morgan fingerprint density at radius 3 is 2.68 bits per heavy atom. The highest BCUT2D eigenvalue weighted by molar-refractivity contribution is 9.10. The Balaban J connectivity index is 1.82. The lowest BCUT2D eigenvalue weighted by atomic mass is 10.1. The maximum Gasteiger partial charge on any atom is 0.198 e. The lowest BCUT2D eigenvalue weighted by Crippen LogP contribution is -1.89. The Kier molecular flexibility index (Phi) is 4.15. The molecule has 1 heterocycles. The molecule has 0 fully saturated rings. The SMILES string of the molecule is COc1ccc(Cc2nc(-c3cc(Br)ccc3O)co2)cc1. The molecule has 0 amide bonds. The quantitative estimate of drug-likeness (QED) is 0.749. The fourth-order valence-corrected chi connectivity index (χ4v) is 2.51. The molecule has 4 nitrogen and oxygen atoms in total. The van der Waals surface area contributed by atoms with E-state index in [2.05, 4.69) is 20.9 Å². The van der Waals surface area contributed by atoms with Crippen molar-refractivity contribution in [1.29, 1.82) is 0 Å². The van der Waals surface area contributed by atoms with Crippen molar-refractivity contribution < 1.29 is 14.3 Å². The van der Waals surface area contributed by atoms with Crippen LogP contribution < -0.4 is 4.74 Å². The van der Waals surface area contributed by atoms with E-state index in [1.165, 1.54) is 0 Å². The predicted octanol–water partition coefficient (Wildman–Crippen LogP) is 4.41. The molecule has 3 rings (SSSR count). The first-order valence-electron chi connectivity index (χ1n) is 6.72. The number of nitrogens with zero attached hydrogens (tertiary/aromatic N) is 1. The molecule has 0 aliphatic heterocycles. The van der Waals surface area contributed by atoms with E-state index in [1.807, 2.05) is 30.3 Å². The third-order valence-electron chi connectivity index (χ3n) is 3.30. The van der Waals surface area contributed by atoms with Crippen LogP contribution in [0.4, 0.5) is 0 Å². The molecule has 0 radical (unpaired) electrons. The van der Waals surface area contributed by atoms with Crippen molar-refractivity contribution in [3.05, 3.63) is 64.7 Å². The first kappa shape index (κ1) is 14.7. The Hall–Kier alpha value is -2.27. The van der Waals surface area contributed by atoms with Gasteiger partial charge in [0.15, 0.2) is 5.89 Å². The van der Waals surface area contributed by atoms with E-state index in [9.17, 15) is 5.11 Å². The average Bonchev–Trinajstić information content (AvgIpc) is 2.99. The standard InChI is InChI=1S/C17H14BrNO3/c1-21-13-5-2-11(3-6-13)8-17-19-15(10-22-17)14-9-12(18)4-7-16(14)20/h2-7,9-10,20H,8H2,1H3. The van der Waals surface area contributed by atoms with Crippen LogP contribution in [0.2, 0.25) is 0 Å². The van der Waals surface area contributed by atoms with Crippen molar-refractivity contribution in [2.24, 2.45) is 0 Å². The number of hydrogen-bond donors (Lipinski definition) is 1. The van der Waals surface area contributed by atoms with Gasteiger partial charge in [0.25, 0.3) is 0 Å². The summed E-state index contributed by atoms with van der Waals surface area (Å²) in [5.74, 6) is 1.59. The number of phenols is 1. The summed E-state index contributed by atoms with van der Waals surface area (Å²) in [6.45, 7) is 0. The summed E-state index contributed by atoms with van der Waals surface area (Å²) in [6, 6.07) is 13.0. The lowest BCUT2D eigenvalue weighted by Gasteiger charge is -2.01. The monoisotopic (exact) mass is 359 g/mol. The first-order chi connectivity index (χ1) is 10.7. The molecule has 0 unspecified atom stereocenters. The maximum atomic E-state index is 9.93. The number of aromatic hydroxyl groups is 1. The molecular formula is C17H14BrNO3. The highest BCUT2D eigenvalue weighted by Crippen LogP contribution is 2.31. The molecule has 112 valence electrons. The van der Waals surface area contributed by atoms with Crippen LogP contribution in [-0.2, 0) is 6.42 Å². The van der Waals surface area contributed by atoms with Gasteiger partial charge in [0.1, 0.15) is 23.5 Å². The molecule has 2 aromatic carbocycles. The second kappa shape index (κ2) is 6.23. The second-order valence-corrected chi connectivity index (χ2v) is 5.73. The molecule has 0 saturated carbocycles. The fraction of sp³-hybridized carbons (Fsp3) is 0.118. The third-order valence-corrected chi connectivity index (χ3v) is 3.79. The molecule has 1 aromatic heterocycles. The Bertz CT molecular complexity index is 781. The molecule has 0 spiro atoms. The summed E-state index contributed by atoms with van der Waals surface area (Å²) in [4.78, 5) is 4.44. The molecule has 5 heteroatoms. The van der Waals surface area contributed by atoms with E-state index in [0.717, 1.165) is 15.8 Å². The molecule has 1 N–H and O–H groups in total. The van der Waals surface area contributed by atoms with Gasteiger partial charge in [-0.05, 0) is 35.9 Å². The predicted molar refractivity (Wildman–Crippen MR) is 87.1 cm³/mol. The Morgan fingerprint density at radius 1 is 1.18 bits per heavy atom. The molecule has 0 atom stereocenters. The summed E-state index contributed by atoms with van der Waals surface area (Å²) < 4.78 is 11.5. The zero-order valence-corrected chi connectivity index (χ0v) is 13.5. The lowest BCUT2D eigenvalue weighted by molar-refractivity contribution is 0.414.